The fourth-order valence-corrected chi connectivity index (χ4v) is 3.49. The Morgan fingerprint density at radius 3 is 2.76 bits per heavy atom. The standard InChI is InChI=1S/C12H16N2OS2/c1-5-8-6-9-10(17-8)13-12(16-4)14(7(2)3)11(9)15/h6-7H,5H2,1-4H3. The van der Waals surface area contributed by atoms with E-state index in [2.05, 4.69) is 11.9 Å². The normalized spacial score (nSPS) is 11.6. The van der Waals surface area contributed by atoms with Crippen molar-refractivity contribution in [2.45, 2.75) is 38.4 Å². The van der Waals surface area contributed by atoms with Crippen LogP contribution in [0.15, 0.2) is 16.0 Å². The molecule has 0 aliphatic heterocycles. The van der Waals surface area contributed by atoms with E-state index in [4.69, 9.17) is 0 Å². The molecule has 0 spiro atoms. The van der Waals surface area contributed by atoms with Crippen molar-refractivity contribution >= 4 is 33.3 Å². The molecule has 2 rings (SSSR count). The first-order valence-corrected chi connectivity index (χ1v) is 7.71. The highest BCUT2D eigenvalue weighted by Crippen LogP contribution is 2.25. The van der Waals surface area contributed by atoms with E-state index in [0.717, 1.165) is 21.8 Å². The molecule has 17 heavy (non-hydrogen) atoms. The number of nitrogens with zero attached hydrogens (tertiary/aromatic N) is 2. The van der Waals surface area contributed by atoms with Crippen molar-refractivity contribution < 1.29 is 0 Å². The second kappa shape index (κ2) is 4.82. The average molecular weight is 268 g/mol. The Labute approximate surface area is 109 Å². The summed E-state index contributed by atoms with van der Waals surface area (Å²) in [5.74, 6) is 0. The predicted molar refractivity (Wildman–Crippen MR) is 75.4 cm³/mol. The summed E-state index contributed by atoms with van der Waals surface area (Å²) in [6, 6.07) is 2.13. The van der Waals surface area contributed by atoms with Crippen molar-refractivity contribution in [3.8, 4) is 0 Å². The fraction of sp³-hybridized carbons (Fsp3) is 0.500. The highest BCUT2D eigenvalue weighted by atomic mass is 32.2. The average Bonchev–Trinajstić information content (AvgIpc) is 2.71. The summed E-state index contributed by atoms with van der Waals surface area (Å²) >= 11 is 3.15. The lowest BCUT2D eigenvalue weighted by atomic mass is 10.3. The first-order chi connectivity index (χ1) is 8.08. The molecule has 0 amide bonds. The van der Waals surface area contributed by atoms with Gasteiger partial charge in [-0.25, -0.2) is 4.98 Å². The minimum Gasteiger partial charge on any atom is -0.284 e. The van der Waals surface area contributed by atoms with Gasteiger partial charge < -0.3 is 0 Å². The van der Waals surface area contributed by atoms with Crippen LogP contribution in [0.25, 0.3) is 10.2 Å². The van der Waals surface area contributed by atoms with Gasteiger partial charge in [0.1, 0.15) is 4.83 Å². The summed E-state index contributed by atoms with van der Waals surface area (Å²) in [5.41, 5.74) is 0.0882. The quantitative estimate of drug-likeness (QED) is 0.632. The van der Waals surface area contributed by atoms with Crippen molar-refractivity contribution in [2.75, 3.05) is 6.26 Å². The lowest BCUT2D eigenvalue weighted by molar-refractivity contribution is 0.520. The maximum absolute atomic E-state index is 12.4. The minimum absolute atomic E-state index is 0.0882. The summed E-state index contributed by atoms with van der Waals surface area (Å²) in [5, 5.41) is 1.57. The summed E-state index contributed by atoms with van der Waals surface area (Å²) in [6.07, 6.45) is 2.91. The van der Waals surface area contributed by atoms with Crippen LogP contribution in [0.3, 0.4) is 0 Å². The largest absolute Gasteiger partial charge is 0.284 e. The van der Waals surface area contributed by atoms with Crippen molar-refractivity contribution in [3.05, 3.63) is 21.3 Å². The minimum atomic E-state index is 0.0882. The van der Waals surface area contributed by atoms with Gasteiger partial charge >= 0.3 is 0 Å². The summed E-state index contributed by atoms with van der Waals surface area (Å²) < 4.78 is 1.78. The number of hydrogen-bond acceptors (Lipinski definition) is 4. The molecule has 92 valence electrons. The SMILES string of the molecule is CCc1cc2c(=O)n(C(C)C)c(SC)nc2s1. The van der Waals surface area contributed by atoms with Crippen LogP contribution in [-0.2, 0) is 6.42 Å². The molecular weight excluding hydrogens is 252 g/mol. The van der Waals surface area contributed by atoms with E-state index < -0.39 is 0 Å². The number of aromatic nitrogens is 2. The molecule has 0 aliphatic carbocycles. The Hall–Kier alpha value is -0.810. The molecule has 2 heterocycles. The van der Waals surface area contributed by atoms with Gasteiger partial charge in [0.05, 0.1) is 5.39 Å². The number of thioether (sulfide) groups is 1. The van der Waals surface area contributed by atoms with E-state index in [0.29, 0.717) is 0 Å². The Balaban J connectivity index is 2.81. The topological polar surface area (TPSA) is 34.9 Å². The van der Waals surface area contributed by atoms with E-state index in [9.17, 15) is 4.79 Å². The van der Waals surface area contributed by atoms with E-state index >= 15 is 0 Å². The Bertz CT molecular complexity index is 598. The third kappa shape index (κ3) is 2.13. The lowest BCUT2D eigenvalue weighted by Gasteiger charge is -2.13. The molecule has 0 atom stereocenters. The number of hydrogen-bond donors (Lipinski definition) is 0. The number of fused-ring (bicyclic) bond motifs is 1. The molecule has 2 aromatic rings. The van der Waals surface area contributed by atoms with Gasteiger partial charge in [0.15, 0.2) is 5.16 Å². The van der Waals surface area contributed by atoms with Gasteiger partial charge in [-0.3, -0.25) is 9.36 Å². The van der Waals surface area contributed by atoms with Crippen LogP contribution in [0.4, 0.5) is 0 Å². The van der Waals surface area contributed by atoms with Crippen LogP contribution < -0.4 is 5.56 Å². The Morgan fingerprint density at radius 2 is 2.24 bits per heavy atom. The third-order valence-electron chi connectivity index (χ3n) is 2.66. The maximum atomic E-state index is 12.4. The molecule has 5 heteroatoms. The molecule has 0 unspecified atom stereocenters. The van der Waals surface area contributed by atoms with Crippen molar-refractivity contribution in [2.24, 2.45) is 0 Å². The van der Waals surface area contributed by atoms with Crippen LogP contribution in [0.1, 0.15) is 31.7 Å². The van der Waals surface area contributed by atoms with Gasteiger partial charge in [-0.05, 0) is 32.6 Å². The fourth-order valence-electron chi connectivity index (χ4n) is 1.80. The molecule has 2 aromatic heterocycles. The number of aryl methyl sites for hydroxylation is 1. The van der Waals surface area contributed by atoms with Gasteiger partial charge in [-0.1, -0.05) is 18.7 Å². The van der Waals surface area contributed by atoms with E-state index in [1.807, 2.05) is 26.2 Å². The molecule has 0 saturated carbocycles. The van der Waals surface area contributed by atoms with Crippen molar-refractivity contribution in [3.63, 3.8) is 0 Å². The number of thiophene rings is 1. The molecule has 0 radical (unpaired) electrons. The Kier molecular flexibility index (Phi) is 3.58. The molecule has 0 fully saturated rings. The monoisotopic (exact) mass is 268 g/mol. The smallest absolute Gasteiger partial charge is 0.263 e. The third-order valence-corrected chi connectivity index (χ3v) is 4.49. The Morgan fingerprint density at radius 1 is 1.53 bits per heavy atom. The summed E-state index contributed by atoms with van der Waals surface area (Å²) in [6.45, 7) is 6.13. The van der Waals surface area contributed by atoms with Crippen molar-refractivity contribution in [1.29, 1.82) is 0 Å². The van der Waals surface area contributed by atoms with Crippen LogP contribution in [-0.4, -0.2) is 15.8 Å². The van der Waals surface area contributed by atoms with Crippen LogP contribution in [0.2, 0.25) is 0 Å². The second-order valence-electron chi connectivity index (χ2n) is 4.15. The van der Waals surface area contributed by atoms with Crippen LogP contribution in [0.5, 0.6) is 0 Å². The highest BCUT2D eigenvalue weighted by molar-refractivity contribution is 7.98. The highest BCUT2D eigenvalue weighted by Gasteiger charge is 2.14. The zero-order chi connectivity index (χ0) is 12.6. The molecule has 0 aliphatic rings. The van der Waals surface area contributed by atoms with Gasteiger partial charge in [-0.15, -0.1) is 11.3 Å². The predicted octanol–water partition coefficient (Wildman–Crippen LogP) is 3.32. The zero-order valence-corrected chi connectivity index (χ0v) is 12.1. The zero-order valence-electron chi connectivity index (χ0n) is 10.5. The van der Waals surface area contributed by atoms with Gasteiger partial charge in [0.2, 0.25) is 0 Å². The van der Waals surface area contributed by atoms with Crippen LogP contribution in [0, 0.1) is 0 Å². The molecule has 3 nitrogen and oxygen atoms in total. The maximum Gasteiger partial charge on any atom is 0.263 e. The molecule has 0 saturated heterocycles. The van der Waals surface area contributed by atoms with E-state index in [-0.39, 0.29) is 11.6 Å². The van der Waals surface area contributed by atoms with Crippen molar-refractivity contribution in [1.82, 2.24) is 9.55 Å². The molecular formula is C12H16N2OS2. The summed E-state index contributed by atoms with van der Waals surface area (Å²) in [7, 11) is 0. The molecule has 0 bridgehead atoms. The van der Waals surface area contributed by atoms with Gasteiger partial charge in [-0.2, -0.15) is 0 Å². The summed E-state index contributed by atoms with van der Waals surface area (Å²) in [4.78, 5) is 19.1. The molecule has 0 N–H and O–H groups in total. The van der Waals surface area contributed by atoms with Gasteiger partial charge in [0.25, 0.3) is 5.56 Å². The first kappa shape index (κ1) is 12.6. The second-order valence-corrected chi connectivity index (χ2v) is 6.04. The van der Waals surface area contributed by atoms with E-state index in [1.165, 1.54) is 16.6 Å². The number of rotatable bonds is 3. The van der Waals surface area contributed by atoms with Crippen LogP contribution >= 0.6 is 23.1 Å². The first-order valence-electron chi connectivity index (χ1n) is 5.67. The molecule has 0 aromatic carbocycles. The van der Waals surface area contributed by atoms with E-state index in [1.54, 1.807) is 15.9 Å². The lowest BCUT2D eigenvalue weighted by Crippen LogP contribution is -2.24. The van der Waals surface area contributed by atoms with Gasteiger partial charge in [0, 0.05) is 10.9 Å².